The fourth-order valence-corrected chi connectivity index (χ4v) is 4.03. The summed E-state index contributed by atoms with van der Waals surface area (Å²) in [5.41, 5.74) is 0.196. The highest BCUT2D eigenvalue weighted by atomic mass is 16.5. The van der Waals surface area contributed by atoms with Crippen molar-refractivity contribution in [2.45, 2.75) is 76.0 Å². The van der Waals surface area contributed by atoms with E-state index in [4.69, 9.17) is 4.74 Å². The smallest absolute Gasteiger partial charge is 0.146 e. The SMILES string of the molecule is CC(=O)C1CCCCN1C1CCOC2(CCC2)C1. The number of piperidine rings is 1. The second-order valence-electron chi connectivity index (χ2n) is 6.39. The molecule has 0 aromatic heterocycles. The summed E-state index contributed by atoms with van der Waals surface area (Å²) in [6, 6.07) is 0.784. The summed E-state index contributed by atoms with van der Waals surface area (Å²) in [4.78, 5) is 14.3. The van der Waals surface area contributed by atoms with E-state index in [1.54, 1.807) is 6.92 Å². The molecule has 1 aliphatic carbocycles. The molecule has 0 radical (unpaired) electrons. The van der Waals surface area contributed by atoms with Gasteiger partial charge in [0.1, 0.15) is 5.78 Å². The van der Waals surface area contributed by atoms with Crippen LogP contribution in [-0.2, 0) is 9.53 Å². The van der Waals surface area contributed by atoms with E-state index in [0.29, 0.717) is 11.8 Å². The van der Waals surface area contributed by atoms with Gasteiger partial charge in [0, 0.05) is 12.6 Å². The van der Waals surface area contributed by atoms with Gasteiger partial charge in [-0.05, 0) is 58.4 Å². The van der Waals surface area contributed by atoms with Gasteiger partial charge in [0.2, 0.25) is 0 Å². The van der Waals surface area contributed by atoms with Crippen LogP contribution < -0.4 is 0 Å². The average Bonchev–Trinajstić information content (AvgIpc) is 2.37. The second-order valence-corrected chi connectivity index (χ2v) is 6.39. The first-order valence-corrected chi connectivity index (χ1v) is 7.60. The molecule has 0 N–H and O–H groups in total. The summed E-state index contributed by atoms with van der Waals surface area (Å²) in [5.74, 6) is 0.365. The first-order chi connectivity index (χ1) is 8.70. The van der Waals surface area contributed by atoms with Crippen molar-refractivity contribution in [3.05, 3.63) is 0 Å². The molecule has 1 saturated carbocycles. The van der Waals surface area contributed by atoms with Crippen LogP contribution in [0.5, 0.6) is 0 Å². The molecule has 1 spiro atoms. The van der Waals surface area contributed by atoms with Crippen LogP contribution in [0.3, 0.4) is 0 Å². The van der Waals surface area contributed by atoms with E-state index in [-0.39, 0.29) is 11.6 Å². The summed E-state index contributed by atoms with van der Waals surface area (Å²) < 4.78 is 6.01. The normalized spacial score (nSPS) is 36.3. The minimum atomic E-state index is 0.193. The third-order valence-corrected chi connectivity index (χ3v) is 5.21. The van der Waals surface area contributed by atoms with Gasteiger partial charge in [-0.15, -0.1) is 0 Å². The van der Waals surface area contributed by atoms with Crippen LogP contribution >= 0.6 is 0 Å². The van der Waals surface area contributed by atoms with Crippen molar-refractivity contribution in [3.8, 4) is 0 Å². The van der Waals surface area contributed by atoms with Gasteiger partial charge < -0.3 is 4.74 Å². The van der Waals surface area contributed by atoms with Crippen molar-refractivity contribution in [3.63, 3.8) is 0 Å². The van der Waals surface area contributed by atoms with Crippen molar-refractivity contribution in [1.82, 2.24) is 4.90 Å². The quantitative estimate of drug-likeness (QED) is 0.755. The van der Waals surface area contributed by atoms with E-state index >= 15 is 0 Å². The summed E-state index contributed by atoms with van der Waals surface area (Å²) in [7, 11) is 0. The third-order valence-electron chi connectivity index (χ3n) is 5.21. The van der Waals surface area contributed by atoms with Crippen molar-refractivity contribution in [2.75, 3.05) is 13.2 Å². The number of likely N-dealkylation sites (tertiary alicyclic amines) is 1. The van der Waals surface area contributed by atoms with E-state index in [1.165, 1.54) is 32.1 Å². The number of rotatable bonds is 2. The predicted molar refractivity (Wildman–Crippen MR) is 70.6 cm³/mol. The highest BCUT2D eigenvalue weighted by molar-refractivity contribution is 5.81. The molecule has 3 rings (SSSR count). The van der Waals surface area contributed by atoms with E-state index in [1.807, 2.05) is 0 Å². The lowest BCUT2D eigenvalue weighted by Crippen LogP contribution is -2.56. The van der Waals surface area contributed by atoms with Crippen molar-refractivity contribution in [1.29, 1.82) is 0 Å². The molecular formula is C15H25NO2. The first-order valence-electron chi connectivity index (χ1n) is 7.60. The highest BCUT2D eigenvalue weighted by Gasteiger charge is 2.45. The first kappa shape index (κ1) is 12.6. The molecule has 18 heavy (non-hydrogen) atoms. The molecule has 0 aromatic rings. The lowest BCUT2D eigenvalue weighted by atomic mass is 9.73. The van der Waals surface area contributed by atoms with Crippen LogP contribution in [-0.4, -0.2) is 41.5 Å². The van der Waals surface area contributed by atoms with Crippen molar-refractivity contribution >= 4 is 5.78 Å². The monoisotopic (exact) mass is 251 g/mol. The number of ketones is 1. The molecule has 3 nitrogen and oxygen atoms in total. The second kappa shape index (κ2) is 4.93. The van der Waals surface area contributed by atoms with Gasteiger partial charge in [0.05, 0.1) is 11.6 Å². The maximum absolute atomic E-state index is 11.8. The van der Waals surface area contributed by atoms with E-state index < -0.39 is 0 Å². The number of hydrogen-bond donors (Lipinski definition) is 0. The molecule has 2 unspecified atom stereocenters. The average molecular weight is 251 g/mol. The number of carbonyl (C=O) groups is 1. The van der Waals surface area contributed by atoms with Crippen molar-refractivity contribution < 1.29 is 9.53 Å². The molecule has 0 aromatic carbocycles. The zero-order chi connectivity index (χ0) is 12.6. The third kappa shape index (κ3) is 2.23. The van der Waals surface area contributed by atoms with Crippen molar-refractivity contribution in [2.24, 2.45) is 0 Å². The molecule has 102 valence electrons. The Morgan fingerprint density at radius 2 is 2.06 bits per heavy atom. The summed E-state index contributed by atoms with van der Waals surface area (Å²) in [6.07, 6.45) is 9.62. The predicted octanol–water partition coefficient (Wildman–Crippen LogP) is 2.53. The maximum atomic E-state index is 11.8. The van der Waals surface area contributed by atoms with Gasteiger partial charge in [-0.25, -0.2) is 0 Å². The Bertz CT molecular complexity index is 324. The van der Waals surface area contributed by atoms with Gasteiger partial charge in [0.15, 0.2) is 0 Å². The highest BCUT2D eigenvalue weighted by Crippen LogP contribution is 2.44. The maximum Gasteiger partial charge on any atom is 0.146 e. The Kier molecular flexibility index (Phi) is 3.46. The zero-order valence-corrected chi connectivity index (χ0v) is 11.5. The zero-order valence-electron chi connectivity index (χ0n) is 11.5. The molecular weight excluding hydrogens is 226 g/mol. The number of ether oxygens (including phenoxy) is 1. The van der Waals surface area contributed by atoms with Crippen LogP contribution in [0.1, 0.15) is 58.3 Å². The molecule has 2 atom stereocenters. The molecule has 3 heteroatoms. The van der Waals surface area contributed by atoms with E-state index in [0.717, 1.165) is 32.4 Å². The van der Waals surface area contributed by atoms with E-state index in [9.17, 15) is 4.79 Å². The van der Waals surface area contributed by atoms with Crippen LogP contribution in [0.4, 0.5) is 0 Å². The lowest BCUT2D eigenvalue weighted by molar-refractivity contribution is -0.157. The van der Waals surface area contributed by atoms with Gasteiger partial charge in [0.25, 0.3) is 0 Å². The van der Waals surface area contributed by atoms with Crippen LogP contribution in [0.2, 0.25) is 0 Å². The fraction of sp³-hybridized carbons (Fsp3) is 0.933. The van der Waals surface area contributed by atoms with Gasteiger partial charge in [-0.1, -0.05) is 6.42 Å². The Morgan fingerprint density at radius 1 is 1.22 bits per heavy atom. The minimum absolute atomic E-state index is 0.193. The van der Waals surface area contributed by atoms with Crippen LogP contribution in [0, 0.1) is 0 Å². The summed E-state index contributed by atoms with van der Waals surface area (Å²) in [5, 5.41) is 0. The molecule has 0 bridgehead atoms. The Hall–Kier alpha value is -0.410. The lowest BCUT2D eigenvalue weighted by Gasteiger charge is -2.51. The summed E-state index contributed by atoms with van der Waals surface area (Å²) in [6.45, 7) is 3.78. The van der Waals surface area contributed by atoms with Gasteiger partial charge in [-0.3, -0.25) is 9.69 Å². The molecule has 3 aliphatic rings. The Morgan fingerprint density at radius 3 is 2.72 bits per heavy atom. The summed E-state index contributed by atoms with van der Waals surface area (Å²) >= 11 is 0. The molecule has 2 aliphatic heterocycles. The number of Topliss-reactive ketones (excluding diaryl/α,β-unsaturated/α-hetero) is 1. The topological polar surface area (TPSA) is 29.5 Å². The minimum Gasteiger partial charge on any atom is -0.375 e. The molecule has 2 heterocycles. The Labute approximate surface area is 110 Å². The molecule has 0 amide bonds. The van der Waals surface area contributed by atoms with Crippen LogP contribution in [0.25, 0.3) is 0 Å². The molecule has 2 saturated heterocycles. The molecule has 3 fully saturated rings. The number of nitrogens with zero attached hydrogens (tertiary/aromatic N) is 1. The van der Waals surface area contributed by atoms with Crippen LogP contribution in [0.15, 0.2) is 0 Å². The van der Waals surface area contributed by atoms with Gasteiger partial charge in [-0.2, -0.15) is 0 Å². The number of hydrogen-bond acceptors (Lipinski definition) is 3. The standard InChI is InChI=1S/C15H25NO2/c1-12(17)14-5-2-3-9-16(14)13-6-10-18-15(11-13)7-4-8-15/h13-14H,2-11H2,1H3. The van der Waals surface area contributed by atoms with Gasteiger partial charge >= 0.3 is 0 Å². The number of carbonyl (C=O) groups excluding carboxylic acids is 1. The fourth-order valence-electron chi connectivity index (χ4n) is 4.03. The Balaban J connectivity index is 1.69. The largest absolute Gasteiger partial charge is 0.375 e. The van der Waals surface area contributed by atoms with E-state index in [2.05, 4.69) is 4.90 Å².